The van der Waals surface area contributed by atoms with Gasteiger partial charge in [-0.3, -0.25) is 4.79 Å². The number of anilines is 1. The van der Waals surface area contributed by atoms with E-state index < -0.39 is 47.2 Å². The number of nitriles is 1. The topological polar surface area (TPSA) is 156 Å². The third-order valence-corrected chi connectivity index (χ3v) is 5.34. The normalized spacial score (nSPS) is 18.7. The van der Waals surface area contributed by atoms with Gasteiger partial charge in [0.2, 0.25) is 0 Å². The molecule has 0 spiro atoms. The Hall–Kier alpha value is -3.85. The average molecular weight is 462 g/mol. The smallest absolute Gasteiger partial charge is 0.313 e. The standard InChI is InChI=1S/C21H21F3N6O3/c1-10-6-12(33-5-4-25)9-28-17(10)18(31)29-11-2-3-15(22)13(7-11)21(19(23)24,30-20(27)32)14-8-16(14)26/h2-3,6-7,9,14,16,19H,5,8,26H2,1H3,(H,29,31)(H3,27,30,32)/t14-,16+,21+/m0/s1. The van der Waals surface area contributed by atoms with Crippen LogP contribution < -0.4 is 26.8 Å². The maximum absolute atomic E-state index is 14.7. The maximum Gasteiger partial charge on any atom is 0.313 e. The van der Waals surface area contributed by atoms with E-state index in [9.17, 15) is 22.8 Å². The number of benzene rings is 1. The number of nitrogens with two attached hydrogens (primary N) is 2. The van der Waals surface area contributed by atoms with E-state index in [0.717, 1.165) is 12.1 Å². The van der Waals surface area contributed by atoms with Gasteiger partial charge in [-0.15, -0.1) is 0 Å². The number of amides is 3. The molecule has 9 nitrogen and oxygen atoms in total. The number of aryl methyl sites for hydroxylation is 1. The van der Waals surface area contributed by atoms with Crippen molar-refractivity contribution in [2.45, 2.75) is 31.4 Å². The molecule has 3 amide bonds. The number of halogens is 3. The van der Waals surface area contributed by atoms with E-state index in [1.54, 1.807) is 6.92 Å². The van der Waals surface area contributed by atoms with Crippen LogP contribution in [0.25, 0.3) is 0 Å². The maximum atomic E-state index is 14.7. The Balaban J connectivity index is 1.93. The van der Waals surface area contributed by atoms with Crippen LogP contribution in [0.15, 0.2) is 30.5 Å². The lowest BCUT2D eigenvalue weighted by Crippen LogP contribution is -2.56. The Morgan fingerprint density at radius 1 is 1.39 bits per heavy atom. The first kappa shape index (κ1) is 23.8. The number of pyridine rings is 1. The molecule has 3 atom stereocenters. The van der Waals surface area contributed by atoms with Gasteiger partial charge in [0, 0.05) is 23.2 Å². The molecule has 0 aliphatic heterocycles. The molecular weight excluding hydrogens is 441 g/mol. The highest BCUT2D eigenvalue weighted by Crippen LogP contribution is 2.49. The van der Waals surface area contributed by atoms with Gasteiger partial charge >= 0.3 is 6.03 Å². The Labute approximate surface area is 186 Å². The van der Waals surface area contributed by atoms with Crippen LogP contribution in [0.1, 0.15) is 28.0 Å². The van der Waals surface area contributed by atoms with Crippen molar-refractivity contribution < 1.29 is 27.5 Å². The molecule has 1 aliphatic carbocycles. The van der Waals surface area contributed by atoms with Gasteiger partial charge in [-0.25, -0.2) is 22.9 Å². The number of nitrogens with one attached hydrogen (secondary N) is 2. The number of carbonyl (C=O) groups is 2. The lowest BCUT2D eigenvalue weighted by atomic mass is 9.84. The molecule has 1 aromatic carbocycles. The summed E-state index contributed by atoms with van der Waals surface area (Å²) in [5.74, 6) is -2.37. The van der Waals surface area contributed by atoms with Gasteiger partial charge < -0.3 is 26.8 Å². The van der Waals surface area contributed by atoms with Crippen LogP contribution in [0.5, 0.6) is 5.75 Å². The number of aromatic nitrogens is 1. The molecule has 1 saturated carbocycles. The minimum atomic E-state index is -3.23. The summed E-state index contributed by atoms with van der Waals surface area (Å²) in [6.45, 7) is 1.39. The number of urea groups is 1. The fourth-order valence-electron chi connectivity index (χ4n) is 3.73. The fraction of sp³-hybridized carbons (Fsp3) is 0.333. The lowest BCUT2D eigenvalue weighted by molar-refractivity contribution is 0.0171. The molecule has 33 heavy (non-hydrogen) atoms. The molecular formula is C21H21F3N6O3. The van der Waals surface area contributed by atoms with Crippen LogP contribution >= 0.6 is 0 Å². The summed E-state index contributed by atoms with van der Waals surface area (Å²) < 4.78 is 48.4. The van der Waals surface area contributed by atoms with Gasteiger partial charge in [-0.2, -0.15) is 5.26 Å². The highest BCUT2D eigenvalue weighted by molar-refractivity contribution is 6.03. The molecule has 1 heterocycles. The summed E-state index contributed by atoms with van der Waals surface area (Å²) >= 11 is 0. The van der Waals surface area contributed by atoms with Crippen molar-refractivity contribution in [3.8, 4) is 11.8 Å². The number of alkyl halides is 2. The molecule has 1 aliphatic rings. The van der Waals surface area contributed by atoms with Gasteiger partial charge in [0.1, 0.15) is 28.9 Å². The SMILES string of the molecule is Cc1cc(OCC#N)cnc1C(=O)Nc1ccc(F)c([C@](NC(N)=O)(C(F)F)[C@H]2C[C@H]2N)c1. The van der Waals surface area contributed by atoms with Crippen LogP contribution in [-0.4, -0.2) is 36.0 Å². The van der Waals surface area contributed by atoms with E-state index in [-0.39, 0.29) is 30.2 Å². The molecule has 0 bridgehead atoms. The number of hydrogen-bond acceptors (Lipinski definition) is 6. The van der Waals surface area contributed by atoms with Crippen molar-refractivity contribution in [2.24, 2.45) is 17.4 Å². The summed E-state index contributed by atoms with van der Waals surface area (Å²) in [6.07, 6.45) is -1.85. The van der Waals surface area contributed by atoms with Gasteiger partial charge in [-0.1, -0.05) is 0 Å². The molecule has 174 valence electrons. The second kappa shape index (κ2) is 9.33. The summed E-state index contributed by atoms with van der Waals surface area (Å²) in [4.78, 5) is 28.2. The monoisotopic (exact) mass is 462 g/mol. The Kier molecular flexibility index (Phi) is 6.73. The first-order valence-corrected chi connectivity index (χ1v) is 9.79. The quantitative estimate of drug-likeness (QED) is 0.471. The number of ether oxygens (including phenoxy) is 1. The summed E-state index contributed by atoms with van der Waals surface area (Å²) in [7, 11) is 0. The Bertz CT molecular complexity index is 1120. The van der Waals surface area contributed by atoms with Crippen LogP contribution in [0.3, 0.4) is 0 Å². The molecule has 0 radical (unpaired) electrons. The van der Waals surface area contributed by atoms with Crippen LogP contribution in [0, 0.1) is 30.0 Å². The second-order valence-corrected chi connectivity index (χ2v) is 7.60. The van der Waals surface area contributed by atoms with Crippen molar-refractivity contribution in [3.63, 3.8) is 0 Å². The largest absolute Gasteiger partial charge is 0.477 e. The van der Waals surface area contributed by atoms with E-state index >= 15 is 0 Å². The van der Waals surface area contributed by atoms with Crippen molar-refractivity contribution in [2.75, 3.05) is 11.9 Å². The first-order valence-electron chi connectivity index (χ1n) is 9.79. The zero-order valence-corrected chi connectivity index (χ0v) is 17.4. The minimum Gasteiger partial charge on any atom is -0.477 e. The van der Waals surface area contributed by atoms with Gasteiger partial charge in [-0.05, 0) is 43.2 Å². The predicted molar refractivity (Wildman–Crippen MR) is 111 cm³/mol. The van der Waals surface area contributed by atoms with Gasteiger partial charge in [0.25, 0.3) is 12.3 Å². The third-order valence-electron chi connectivity index (χ3n) is 5.34. The zero-order valence-electron chi connectivity index (χ0n) is 17.4. The third kappa shape index (κ3) is 4.83. The van der Waals surface area contributed by atoms with E-state index in [1.165, 1.54) is 18.3 Å². The molecule has 12 heteroatoms. The molecule has 6 N–H and O–H groups in total. The van der Waals surface area contributed by atoms with E-state index in [1.807, 2.05) is 11.4 Å². The summed E-state index contributed by atoms with van der Waals surface area (Å²) in [5, 5.41) is 13.0. The first-order chi connectivity index (χ1) is 15.6. The van der Waals surface area contributed by atoms with Crippen LogP contribution in [0.2, 0.25) is 0 Å². The predicted octanol–water partition coefficient (Wildman–Crippen LogP) is 2.16. The second-order valence-electron chi connectivity index (χ2n) is 7.60. The number of rotatable bonds is 8. The van der Waals surface area contributed by atoms with Gasteiger partial charge in [0.05, 0.1) is 6.20 Å². The van der Waals surface area contributed by atoms with Crippen molar-refractivity contribution in [1.29, 1.82) is 5.26 Å². The van der Waals surface area contributed by atoms with Crippen LogP contribution in [-0.2, 0) is 5.54 Å². The minimum absolute atomic E-state index is 0.00443. The molecule has 1 aromatic heterocycles. The Morgan fingerprint density at radius 2 is 2.09 bits per heavy atom. The summed E-state index contributed by atoms with van der Waals surface area (Å²) in [5.41, 5.74) is 8.29. The molecule has 0 unspecified atom stereocenters. The molecule has 3 rings (SSSR count). The van der Waals surface area contributed by atoms with Crippen molar-refractivity contribution in [3.05, 3.63) is 53.1 Å². The summed E-state index contributed by atoms with van der Waals surface area (Å²) in [6, 6.07) is 4.46. The average Bonchev–Trinajstić information content (AvgIpc) is 3.48. The molecule has 2 aromatic rings. The highest BCUT2D eigenvalue weighted by Gasteiger charge is 2.59. The fourth-order valence-corrected chi connectivity index (χ4v) is 3.73. The van der Waals surface area contributed by atoms with E-state index in [0.29, 0.717) is 5.56 Å². The molecule has 0 saturated heterocycles. The van der Waals surface area contributed by atoms with E-state index in [2.05, 4.69) is 10.3 Å². The number of primary amides is 1. The number of carbonyl (C=O) groups excluding carboxylic acids is 2. The zero-order chi connectivity index (χ0) is 24.3. The van der Waals surface area contributed by atoms with Gasteiger partial charge in [0.15, 0.2) is 6.61 Å². The van der Waals surface area contributed by atoms with Crippen LogP contribution in [0.4, 0.5) is 23.7 Å². The highest BCUT2D eigenvalue weighted by atomic mass is 19.3. The number of hydrogen-bond donors (Lipinski definition) is 4. The van der Waals surface area contributed by atoms with E-state index in [4.69, 9.17) is 21.5 Å². The molecule has 1 fully saturated rings. The lowest BCUT2D eigenvalue weighted by Gasteiger charge is -2.35. The number of nitrogens with zero attached hydrogens (tertiary/aromatic N) is 2. The van der Waals surface area contributed by atoms with Crippen molar-refractivity contribution in [1.82, 2.24) is 10.3 Å². The Morgan fingerprint density at radius 3 is 2.64 bits per heavy atom. The van der Waals surface area contributed by atoms with Crippen molar-refractivity contribution >= 4 is 17.6 Å².